The van der Waals surface area contributed by atoms with Gasteiger partial charge in [0.2, 0.25) is 0 Å². The van der Waals surface area contributed by atoms with Crippen LogP contribution in [0.5, 0.6) is 0 Å². The highest BCUT2D eigenvalue weighted by Crippen LogP contribution is 2.48. The number of benzene rings is 2. The Labute approximate surface area is 177 Å². The van der Waals surface area contributed by atoms with Crippen LogP contribution < -0.4 is 11.1 Å². The van der Waals surface area contributed by atoms with Gasteiger partial charge < -0.3 is 16.5 Å². The van der Waals surface area contributed by atoms with Crippen LogP contribution in [0.2, 0.25) is 0 Å². The van der Waals surface area contributed by atoms with Crippen molar-refractivity contribution in [2.75, 3.05) is 11.9 Å². The minimum atomic E-state index is -0.281. The molecule has 5 heteroatoms. The van der Waals surface area contributed by atoms with Crippen LogP contribution in [0.1, 0.15) is 30.4 Å². The van der Waals surface area contributed by atoms with Crippen molar-refractivity contribution >= 4 is 11.9 Å². The Morgan fingerprint density at radius 1 is 1.30 bits per heavy atom. The predicted octanol–water partition coefficient (Wildman–Crippen LogP) is 5.19. The minimum absolute atomic E-state index is 0.234. The fourth-order valence-electron chi connectivity index (χ4n) is 4.40. The van der Waals surface area contributed by atoms with Gasteiger partial charge in [-0.25, -0.2) is 4.39 Å². The largest absolute Gasteiger partial charge is 0.359 e. The monoisotopic (exact) mass is 402 g/mol. The van der Waals surface area contributed by atoms with Crippen LogP contribution in [-0.2, 0) is 6.42 Å². The molecular formula is C25H27FN4. The van der Waals surface area contributed by atoms with E-state index < -0.39 is 0 Å². The first kappa shape index (κ1) is 21.5. The normalized spacial score (nSPS) is 21.0. The summed E-state index contributed by atoms with van der Waals surface area (Å²) in [6.07, 6.45) is 6.34. The van der Waals surface area contributed by atoms with Crippen molar-refractivity contribution in [2.45, 2.75) is 25.7 Å². The van der Waals surface area contributed by atoms with E-state index in [1.807, 2.05) is 24.3 Å². The molecule has 1 aliphatic rings. The minimum Gasteiger partial charge on any atom is -0.359 e. The van der Waals surface area contributed by atoms with Gasteiger partial charge in [-0.2, -0.15) is 5.26 Å². The van der Waals surface area contributed by atoms with Crippen molar-refractivity contribution in [3.63, 3.8) is 0 Å². The smallest absolute Gasteiger partial charge is 0.123 e. The van der Waals surface area contributed by atoms with Crippen LogP contribution in [-0.4, -0.2) is 12.8 Å². The van der Waals surface area contributed by atoms with Crippen LogP contribution in [0.4, 0.5) is 10.1 Å². The van der Waals surface area contributed by atoms with Gasteiger partial charge in [0.25, 0.3) is 0 Å². The van der Waals surface area contributed by atoms with Crippen LogP contribution >= 0.6 is 0 Å². The number of hydrogen-bond donors (Lipinski definition) is 3. The van der Waals surface area contributed by atoms with E-state index in [1.165, 1.54) is 18.3 Å². The summed E-state index contributed by atoms with van der Waals surface area (Å²) in [7, 11) is 0. The second-order valence-electron chi connectivity index (χ2n) is 7.86. The van der Waals surface area contributed by atoms with E-state index in [4.69, 9.17) is 11.1 Å². The maximum atomic E-state index is 13.3. The van der Waals surface area contributed by atoms with E-state index >= 15 is 0 Å². The first-order valence-electron chi connectivity index (χ1n) is 10.1. The number of nitrogens with two attached hydrogens (primary N) is 1. The molecular weight excluding hydrogens is 375 g/mol. The maximum absolute atomic E-state index is 13.3. The zero-order valence-electron chi connectivity index (χ0n) is 17.0. The standard InChI is InChI=1S/C25H27FN4/c1-2-25(14-18-4-3-5-19(12-18)16-28)15-20(17-29)24(13-21(25)10-11-27)30-23-8-6-22(26)7-9-23/h2-9,12,17,21,29-30H,1,10-11,13-15,27H2. The molecule has 0 aromatic heterocycles. The highest BCUT2D eigenvalue weighted by Gasteiger charge is 2.40. The van der Waals surface area contributed by atoms with Crippen LogP contribution in [0.25, 0.3) is 0 Å². The van der Waals surface area contributed by atoms with Gasteiger partial charge in [-0.1, -0.05) is 18.2 Å². The Kier molecular flexibility index (Phi) is 6.81. The highest BCUT2D eigenvalue weighted by molar-refractivity contribution is 5.79. The summed E-state index contributed by atoms with van der Waals surface area (Å²) in [5, 5.41) is 20.6. The fourth-order valence-corrected chi connectivity index (χ4v) is 4.40. The summed E-state index contributed by atoms with van der Waals surface area (Å²) < 4.78 is 13.3. The molecule has 2 atom stereocenters. The van der Waals surface area contributed by atoms with Gasteiger partial charge in [0.15, 0.2) is 0 Å². The zero-order chi connectivity index (χ0) is 21.6. The average molecular weight is 403 g/mol. The number of nitrogens with zero attached hydrogens (tertiary/aromatic N) is 1. The number of anilines is 1. The summed E-state index contributed by atoms with van der Waals surface area (Å²) in [5.41, 5.74) is 10.1. The molecule has 0 heterocycles. The molecule has 2 aromatic carbocycles. The van der Waals surface area contributed by atoms with E-state index in [2.05, 4.69) is 18.0 Å². The Morgan fingerprint density at radius 2 is 2.07 bits per heavy atom. The van der Waals surface area contributed by atoms with Gasteiger partial charge in [-0.15, -0.1) is 6.58 Å². The van der Waals surface area contributed by atoms with Gasteiger partial charge in [0.1, 0.15) is 5.82 Å². The SMILES string of the molecule is C=CC1(Cc2cccc(C#N)c2)CC(C=N)=C(Nc2ccc(F)cc2)CC1CCN. The summed E-state index contributed by atoms with van der Waals surface area (Å²) in [4.78, 5) is 0. The van der Waals surface area contributed by atoms with Crippen molar-refractivity contribution in [1.29, 1.82) is 10.7 Å². The lowest BCUT2D eigenvalue weighted by molar-refractivity contribution is 0.200. The third-order valence-corrected chi connectivity index (χ3v) is 6.00. The van der Waals surface area contributed by atoms with Crippen LogP contribution in [0.3, 0.4) is 0 Å². The van der Waals surface area contributed by atoms with E-state index in [1.54, 1.807) is 18.2 Å². The molecule has 0 saturated heterocycles. The number of nitriles is 1. The van der Waals surface area contributed by atoms with Gasteiger partial charge in [0, 0.05) is 17.6 Å². The lowest BCUT2D eigenvalue weighted by Crippen LogP contribution is -2.38. The first-order valence-corrected chi connectivity index (χ1v) is 10.1. The Bertz CT molecular complexity index is 987. The quantitative estimate of drug-likeness (QED) is 0.420. The second kappa shape index (κ2) is 9.51. The highest BCUT2D eigenvalue weighted by atomic mass is 19.1. The van der Waals surface area contributed by atoms with Crippen molar-refractivity contribution in [2.24, 2.45) is 17.1 Å². The molecule has 0 amide bonds. The lowest BCUT2D eigenvalue weighted by Gasteiger charge is -2.44. The van der Waals surface area contributed by atoms with Crippen molar-refractivity contribution < 1.29 is 4.39 Å². The molecule has 4 N–H and O–H groups in total. The number of nitrogens with one attached hydrogen (secondary N) is 2. The molecule has 2 unspecified atom stereocenters. The maximum Gasteiger partial charge on any atom is 0.123 e. The van der Waals surface area contributed by atoms with Crippen LogP contribution in [0.15, 0.2) is 72.5 Å². The third-order valence-electron chi connectivity index (χ3n) is 6.00. The van der Waals surface area contributed by atoms with E-state index in [9.17, 15) is 9.65 Å². The van der Waals surface area contributed by atoms with Crippen molar-refractivity contribution in [3.05, 3.63) is 89.4 Å². The molecule has 2 aromatic rings. The number of allylic oxidation sites excluding steroid dienone is 3. The van der Waals surface area contributed by atoms with Crippen molar-refractivity contribution in [3.8, 4) is 6.07 Å². The summed E-state index contributed by atoms with van der Waals surface area (Å²) in [6, 6.07) is 16.1. The van der Waals surface area contributed by atoms with Gasteiger partial charge in [-0.3, -0.25) is 0 Å². The number of halogens is 1. The number of rotatable bonds is 8. The fraction of sp³-hybridized carbons (Fsp3) is 0.280. The van der Waals surface area contributed by atoms with Crippen molar-refractivity contribution in [1.82, 2.24) is 0 Å². The first-order chi connectivity index (χ1) is 14.5. The van der Waals surface area contributed by atoms with E-state index in [0.29, 0.717) is 18.5 Å². The van der Waals surface area contributed by atoms with Crippen LogP contribution in [0, 0.1) is 33.9 Å². The predicted molar refractivity (Wildman–Crippen MR) is 120 cm³/mol. The van der Waals surface area contributed by atoms with Gasteiger partial charge in [-0.05, 0) is 91.1 Å². The third kappa shape index (κ3) is 4.67. The average Bonchev–Trinajstić information content (AvgIpc) is 2.77. The molecule has 3 rings (SSSR count). The molecule has 0 saturated carbocycles. The molecule has 0 aliphatic heterocycles. The Hall–Kier alpha value is -3.23. The Balaban J connectivity index is 1.95. The molecule has 0 fully saturated rings. The topological polar surface area (TPSA) is 85.7 Å². The lowest BCUT2D eigenvalue weighted by atomic mass is 9.61. The van der Waals surface area contributed by atoms with E-state index in [-0.39, 0.29) is 17.2 Å². The summed E-state index contributed by atoms with van der Waals surface area (Å²) in [5.74, 6) is -0.0471. The molecule has 0 spiro atoms. The molecule has 4 nitrogen and oxygen atoms in total. The molecule has 154 valence electrons. The number of hydrogen-bond acceptors (Lipinski definition) is 4. The molecule has 30 heavy (non-hydrogen) atoms. The van der Waals surface area contributed by atoms with E-state index in [0.717, 1.165) is 41.8 Å². The summed E-state index contributed by atoms with van der Waals surface area (Å²) >= 11 is 0. The zero-order valence-corrected chi connectivity index (χ0v) is 17.0. The Morgan fingerprint density at radius 3 is 2.70 bits per heavy atom. The molecule has 0 bridgehead atoms. The van der Waals surface area contributed by atoms with Gasteiger partial charge in [0.05, 0.1) is 11.6 Å². The molecule has 1 aliphatic carbocycles. The second-order valence-corrected chi connectivity index (χ2v) is 7.86. The van der Waals surface area contributed by atoms with Gasteiger partial charge >= 0.3 is 0 Å². The summed E-state index contributed by atoms with van der Waals surface area (Å²) in [6.45, 7) is 4.71. The molecule has 0 radical (unpaired) electrons.